The zero-order valence-electron chi connectivity index (χ0n) is 7.82. The number of aromatic nitrogens is 1. The van der Waals surface area contributed by atoms with Gasteiger partial charge in [-0.15, -0.1) is 0 Å². The average molecular weight is 195 g/mol. The molecule has 1 unspecified atom stereocenters. The maximum absolute atomic E-state index is 11.6. The monoisotopic (exact) mass is 195 g/mol. The van der Waals surface area contributed by atoms with Crippen molar-refractivity contribution in [3.8, 4) is 0 Å². The first kappa shape index (κ1) is 9.21. The minimum atomic E-state index is 0.00829. The topological polar surface area (TPSA) is 67.2 Å². The fourth-order valence-corrected chi connectivity index (χ4v) is 1.58. The van der Waals surface area contributed by atoms with Gasteiger partial charge in [0, 0.05) is 6.54 Å². The minimum absolute atomic E-state index is 0.00829. The van der Waals surface area contributed by atoms with E-state index in [1.54, 1.807) is 0 Å². The van der Waals surface area contributed by atoms with Crippen molar-refractivity contribution in [2.45, 2.75) is 12.8 Å². The fraction of sp³-hybridized carbons (Fsp3) is 0.556. The largest absolute Gasteiger partial charge is 0.428 e. The van der Waals surface area contributed by atoms with E-state index in [4.69, 9.17) is 4.42 Å². The van der Waals surface area contributed by atoms with E-state index in [2.05, 4.69) is 15.6 Å². The van der Waals surface area contributed by atoms with Gasteiger partial charge in [0.15, 0.2) is 6.39 Å². The van der Waals surface area contributed by atoms with Crippen molar-refractivity contribution in [3.05, 3.63) is 12.6 Å². The lowest BCUT2D eigenvalue weighted by molar-refractivity contribution is -0.120. The molecule has 0 saturated carbocycles. The molecule has 1 saturated heterocycles. The van der Waals surface area contributed by atoms with Crippen LogP contribution < -0.4 is 10.6 Å². The molecule has 1 amide bonds. The van der Waals surface area contributed by atoms with E-state index in [0.717, 1.165) is 25.9 Å². The van der Waals surface area contributed by atoms with Crippen LogP contribution in [0.2, 0.25) is 0 Å². The Labute approximate surface area is 81.9 Å². The van der Waals surface area contributed by atoms with Gasteiger partial charge in [0.2, 0.25) is 11.8 Å². The zero-order valence-corrected chi connectivity index (χ0v) is 7.82. The molecule has 0 spiro atoms. The molecule has 0 aromatic carbocycles. The number of amides is 1. The first-order chi connectivity index (χ1) is 6.86. The summed E-state index contributed by atoms with van der Waals surface area (Å²) in [5.41, 5.74) is 0. The summed E-state index contributed by atoms with van der Waals surface area (Å²) >= 11 is 0. The van der Waals surface area contributed by atoms with Gasteiger partial charge in [-0.2, -0.15) is 0 Å². The van der Waals surface area contributed by atoms with Gasteiger partial charge in [-0.1, -0.05) is 0 Å². The van der Waals surface area contributed by atoms with E-state index >= 15 is 0 Å². The summed E-state index contributed by atoms with van der Waals surface area (Å²) in [7, 11) is 0. The van der Waals surface area contributed by atoms with E-state index in [1.807, 2.05) is 0 Å². The summed E-state index contributed by atoms with van der Waals surface area (Å²) in [6, 6.07) is 0. The van der Waals surface area contributed by atoms with Gasteiger partial charge in [-0.05, 0) is 19.4 Å². The van der Waals surface area contributed by atoms with E-state index < -0.39 is 0 Å². The number of carbonyl (C=O) groups is 1. The molecule has 76 valence electrons. The molecular weight excluding hydrogens is 182 g/mol. The highest BCUT2D eigenvalue weighted by molar-refractivity contribution is 5.91. The summed E-state index contributed by atoms with van der Waals surface area (Å²) in [6.07, 6.45) is 4.78. The van der Waals surface area contributed by atoms with Crippen molar-refractivity contribution in [3.63, 3.8) is 0 Å². The van der Waals surface area contributed by atoms with Crippen LogP contribution in [0, 0.1) is 5.92 Å². The number of nitrogens with zero attached hydrogens (tertiary/aromatic N) is 1. The predicted molar refractivity (Wildman–Crippen MR) is 50.7 cm³/mol. The second-order valence-corrected chi connectivity index (χ2v) is 3.40. The maximum Gasteiger partial charge on any atom is 0.231 e. The molecule has 2 heterocycles. The zero-order chi connectivity index (χ0) is 9.80. The van der Waals surface area contributed by atoms with Crippen LogP contribution in [0.25, 0.3) is 0 Å². The molecule has 2 rings (SSSR count). The molecule has 1 fully saturated rings. The van der Waals surface area contributed by atoms with Gasteiger partial charge in [-0.3, -0.25) is 10.1 Å². The number of hydrogen-bond acceptors (Lipinski definition) is 4. The average Bonchev–Trinajstić information content (AvgIpc) is 2.72. The van der Waals surface area contributed by atoms with Crippen molar-refractivity contribution in [2.24, 2.45) is 5.92 Å². The van der Waals surface area contributed by atoms with Crippen molar-refractivity contribution >= 4 is 11.8 Å². The van der Waals surface area contributed by atoms with Gasteiger partial charge in [-0.25, -0.2) is 4.98 Å². The highest BCUT2D eigenvalue weighted by Crippen LogP contribution is 2.13. The fourth-order valence-electron chi connectivity index (χ4n) is 1.58. The molecule has 1 aliphatic rings. The lowest BCUT2D eigenvalue weighted by Gasteiger charge is -2.21. The smallest absolute Gasteiger partial charge is 0.231 e. The van der Waals surface area contributed by atoms with Gasteiger partial charge < -0.3 is 9.73 Å². The molecule has 14 heavy (non-hydrogen) atoms. The molecule has 0 bridgehead atoms. The molecule has 0 radical (unpaired) electrons. The first-order valence-corrected chi connectivity index (χ1v) is 4.76. The van der Waals surface area contributed by atoms with Crippen LogP contribution in [0.3, 0.4) is 0 Å². The summed E-state index contributed by atoms with van der Waals surface area (Å²) in [4.78, 5) is 15.3. The van der Waals surface area contributed by atoms with Crippen LogP contribution in [-0.4, -0.2) is 24.0 Å². The van der Waals surface area contributed by atoms with Crippen molar-refractivity contribution < 1.29 is 9.21 Å². The Morgan fingerprint density at radius 3 is 3.29 bits per heavy atom. The molecule has 1 atom stereocenters. The lowest BCUT2D eigenvalue weighted by atomic mass is 9.99. The van der Waals surface area contributed by atoms with Crippen LogP contribution >= 0.6 is 0 Å². The van der Waals surface area contributed by atoms with Crippen molar-refractivity contribution in [2.75, 3.05) is 18.4 Å². The van der Waals surface area contributed by atoms with Crippen LogP contribution in [0.1, 0.15) is 12.8 Å². The molecule has 5 nitrogen and oxygen atoms in total. The minimum Gasteiger partial charge on any atom is -0.428 e. The van der Waals surface area contributed by atoms with Crippen molar-refractivity contribution in [1.82, 2.24) is 10.3 Å². The quantitative estimate of drug-likeness (QED) is 0.725. The summed E-state index contributed by atoms with van der Waals surface area (Å²) < 4.78 is 4.93. The number of hydrogen-bond donors (Lipinski definition) is 2. The Bertz CT molecular complexity index is 291. The number of rotatable bonds is 2. The second kappa shape index (κ2) is 4.23. The molecule has 2 N–H and O–H groups in total. The summed E-state index contributed by atoms with van der Waals surface area (Å²) in [5.74, 6) is 0.475. The normalized spacial score (nSPS) is 21.9. The van der Waals surface area contributed by atoms with Gasteiger partial charge in [0.25, 0.3) is 0 Å². The third-order valence-electron chi connectivity index (χ3n) is 2.35. The van der Waals surface area contributed by atoms with Crippen LogP contribution in [0.5, 0.6) is 0 Å². The number of carbonyl (C=O) groups excluding carboxylic acids is 1. The van der Waals surface area contributed by atoms with E-state index in [9.17, 15) is 4.79 Å². The SMILES string of the molecule is O=C(Nc1cnco1)C1CCCNC1. The molecule has 1 aromatic heterocycles. The molecule has 5 heteroatoms. The maximum atomic E-state index is 11.6. The Kier molecular flexibility index (Phi) is 2.78. The van der Waals surface area contributed by atoms with Gasteiger partial charge in [0.1, 0.15) is 0 Å². The van der Waals surface area contributed by atoms with Crippen LogP contribution in [-0.2, 0) is 4.79 Å². The number of anilines is 1. The Morgan fingerprint density at radius 2 is 2.64 bits per heavy atom. The molecule has 1 aliphatic heterocycles. The van der Waals surface area contributed by atoms with E-state index in [-0.39, 0.29) is 11.8 Å². The van der Waals surface area contributed by atoms with Crippen LogP contribution in [0.4, 0.5) is 5.88 Å². The molecular formula is C9H13N3O2. The van der Waals surface area contributed by atoms with E-state index in [1.165, 1.54) is 12.6 Å². The van der Waals surface area contributed by atoms with Gasteiger partial charge >= 0.3 is 0 Å². The third kappa shape index (κ3) is 2.11. The van der Waals surface area contributed by atoms with Crippen molar-refractivity contribution in [1.29, 1.82) is 0 Å². The number of oxazole rings is 1. The predicted octanol–water partition coefficient (Wildman–Crippen LogP) is 0.613. The van der Waals surface area contributed by atoms with Crippen LogP contribution in [0.15, 0.2) is 17.0 Å². The first-order valence-electron chi connectivity index (χ1n) is 4.76. The lowest BCUT2D eigenvalue weighted by Crippen LogP contribution is -2.37. The number of piperidine rings is 1. The second-order valence-electron chi connectivity index (χ2n) is 3.40. The Balaban J connectivity index is 1.88. The highest BCUT2D eigenvalue weighted by Gasteiger charge is 2.21. The standard InChI is InChI=1S/C9H13N3O2/c13-9(7-2-1-3-10-4-7)12-8-5-11-6-14-8/h5-7,10H,1-4H2,(H,12,13). The third-order valence-corrected chi connectivity index (χ3v) is 2.35. The Morgan fingerprint density at radius 1 is 1.71 bits per heavy atom. The molecule has 0 aliphatic carbocycles. The van der Waals surface area contributed by atoms with E-state index in [0.29, 0.717) is 5.88 Å². The summed E-state index contributed by atoms with van der Waals surface area (Å²) in [5, 5.41) is 5.87. The van der Waals surface area contributed by atoms with Gasteiger partial charge in [0.05, 0.1) is 12.1 Å². The Hall–Kier alpha value is -1.36. The highest BCUT2D eigenvalue weighted by atomic mass is 16.4. The molecule has 1 aromatic rings. The summed E-state index contributed by atoms with van der Waals surface area (Å²) in [6.45, 7) is 1.76. The number of nitrogens with one attached hydrogen (secondary N) is 2.